The standard InChI is InChI=1S/C16H18N2O2S/c1-2-12-5-7-13(8-6-12)17-16(19)18-9-11-21-15(18)14-4-3-10-20-14/h3-8,10,15H,2,9,11H2,1H3,(H,17,19)/t15-/m0/s1. The molecule has 1 N–H and O–H groups in total. The van der Waals surface area contributed by atoms with Gasteiger partial charge in [0.15, 0.2) is 0 Å². The van der Waals surface area contributed by atoms with Gasteiger partial charge >= 0.3 is 6.03 Å². The molecule has 0 bridgehead atoms. The molecule has 1 atom stereocenters. The molecule has 0 aliphatic carbocycles. The Morgan fingerprint density at radius 3 is 2.86 bits per heavy atom. The molecule has 2 aromatic rings. The first-order valence-corrected chi connectivity index (χ1v) is 8.14. The van der Waals surface area contributed by atoms with Gasteiger partial charge in [0.25, 0.3) is 0 Å². The number of furan rings is 1. The monoisotopic (exact) mass is 302 g/mol. The predicted molar refractivity (Wildman–Crippen MR) is 85.5 cm³/mol. The number of aryl methyl sites for hydroxylation is 1. The Morgan fingerprint density at radius 1 is 1.38 bits per heavy atom. The van der Waals surface area contributed by atoms with Gasteiger partial charge in [-0.15, -0.1) is 11.8 Å². The first-order valence-electron chi connectivity index (χ1n) is 7.09. The van der Waals surface area contributed by atoms with Crippen LogP contribution in [0.3, 0.4) is 0 Å². The largest absolute Gasteiger partial charge is 0.466 e. The second-order valence-corrected chi connectivity index (χ2v) is 6.10. The average Bonchev–Trinajstić information content (AvgIpc) is 3.18. The summed E-state index contributed by atoms with van der Waals surface area (Å²) in [5.74, 6) is 1.75. The molecule has 2 heterocycles. The number of nitrogens with one attached hydrogen (secondary N) is 1. The van der Waals surface area contributed by atoms with Crippen molar-refractivity contribution in [2.45, 2.75) is 18.7 Å². The highest BCUT2D eigenvalue weighted by Crippen LogP contribution is 2.38. The third-order valence-electron chi connectivity index (χ3n) is 3.55. The van der Waals surface area contributed by atoms with E-state index in [1.807, 2.05) is 41.3 Å². The molecule has 1 aliphatic heterocycles. The third kappa shape index (κ3) is 3.08. The van der Waals surface area contributed by atoms with Gasteiger partial charge in [-0.05, 0) is 36.2 Å². The number of amides is 2. The Labute approximate surface area is 128 Å². The predicted octanol–water partition coefficient (Wildman–Crippen LogP) is 4.12. The molecule has 0 radical (unpaired) electrons. The zero-order chi connectivity index (χ0) is 14.7. The van der Waals surface area contributed by atoms with Gasteiger partial charge < -0.3 is 14.6 Å². The first kappa shape index (κ1) is 14.1. The molecule has 1 aliphatic rings. The molecular formula is C16H18N2O2S. The number of nitrogens with zero attached hydrogens (tertiary/aromatic N) is 1. The number of urea groups is 1. The van der Waals surface area contributed by atoms with Crippen LogP contribution in [0.15, 0.2) is 47.1 Å². The van der Waals surface area contributed by atoms with Crippen LogP contribution < -0.4 is 5.32 Å². The highest BCUT2D eigenvalue weighted by atomic mass is 32.2. The highest BCUT2D eigenvalue weighted by molar-refractivity contribution is 7.99. The Bertz CT molecular complexity index is 595. The SMILES string of the molecule is CCc1ccc(NC(=O)N2CCS[C@H]2c2ccco2)cc1. The summed E-state index contributed by atoms with van der Waals surface area (Å²) in [7, 11) is 0. The number of rotatable bonds is 3. The molecule has 0 saturated carbocycles. The smallest absolute Gasteiger partial charge is 0.323 e. The van der Waals surface area contributed by atoms with E-state index in [1.54, 1.807) is 18.0 Å². The van der Waals surface area contributed by atoms with Gasteiger partial charge in [-0.1, -0.05) is 19.1 Å². The zero-order valence-electron chi connectivity index (χ0n) is 11.9. The number of thioether (sulfide) groups is 1. The maximum Gasteiger partial charge on any atom is 0.323 e. The highest BCUT2D eigenvalue weighted by Gasteiger charge is 2.32. The summed E-state index contributed by atoms with van der Waals surface area (Å²) in [4.78, 5) is 14.3. The zero-order valence-corrected chi connectivity index (χ0v) is 12.7. The van der Waals surface area contributed by atoms with Gasteiger partial charge in [0.1, 0.15) is 11.1 Å². The van der Waals surface area contributed by atoms with Crippen LogP contribution >= 0.6 is 11.8 Å². The fourth-order valence-corrected chi connectivity index (χ4v) is 3.57. The van der Waals surface area contributed by atoms with Crippen LogP contribution in [-0.2, 0) is 6.42 Å². The fourth-order valence-electron chi connectivity index (χ4n) is 2.36. The summed E-state index contributed by atoms with van der Waals surface area (Å²) >= 11 is 1.72. The van der Waals surface area contributed by atoms with Gasteiger partial charge in [-0.3, -0.25) is 0 Å². The van der Waals surface area contributed by atoms with Gasteiger partial charge in [-0.25, -0.2) is 4.79 Å². The summed E-state index contributed by atoms with van der Waals surface area (Å²) in [6, 6.07) is 11.7. The van der Waals surface area contributed by atoms with Crippen LogP contribution in [0.25, 0.3) is 0 Å². The lowest BCUT2D eigenvalue weighted by Gasteiger charge is -2.22. The molecule has 1 saturated heterocycles. The van der Waals surface area contributed by atoms with E-state index in [9.17, 15) is 4.79 Å². The lowest BCUT2D eigenvalue weighted by atomic mass is 10.1. The van der Waals surface area contributed by atoms with Gasteiger partial charge in [-0.2, -0.15) is 0 Å². The van der Waals surface area contributed by atoms with Crippen molar-refractivity contribution in [3.8, 4) is 0 Å². The number of anilines is 1. The fraction of sp³-hybridized carbons (Fsp3) is 0.312. The van der Waals surface area contributed by atoms with Crippen molar-refractivity contribution in [3.63, 3.8) is 0 Å². The average molecular weight is 302 g/mol. The van der Waals surface area contributed by atoms with E-state index in [0.717, 1.165) is 30.2 Å². The van der Waals surface area contributed by atoms with E-state index in [2.05, 4.69) is 12.2 Å². The van der Waals surface area contributed by atoms with Crippen molar-refractivity contribution in [2.75, 3.05) is 17.6 Å². The molecule has 2 amide bonds. The van der Waals surface area contributed by atoms with Crippen LogP contribution in [0, 0.1) is 0 Å². The van der Waals surface area contributed by atoms with Crippen LogP contribution in [-0.4, -0.2) is 23.2 Å². The molecule has 3 rings (SSSR count). The van der Waals surface area contributed by atoms with E-state index < -0.39 is 0 Å². The van der Waals surface area contributed by atoms with Crippen LogP contribution in [0.1, 0.15) is 23.6 Å². The molecule has 4 nitrogen and oxygen atoms in total. The Kier molecular flexibility index (Phi) is 4.20. The van der Waals surface area contributed by atoms with E-state index in [4.69, 9.17) is 4.42 Å². The summed E-state index contributed by atoms with van der Waals surface area (Å²) in [5.41, 5.74) is 2.09. The summed E-state index contributed by atoms with van der Waals surface area (Å²) in [6.45, 7) is 2.85. The minimum atomic E-state index is -0.0781. The third-order valence-corrected chi connectivity index (χ3v) is 4.77. The van der Waals surface area contributed by atoms with Crippen molar-refractivity contribution in [1.82, 2.24) is 4.90 Å². The van der Waals surface area contributed by atoms with Gasteiger partial charge in [0, 0.05) is 18.0 Å². The molecule has 0 unspecified atom stereocenters. The molecule has 1 aromatic carbocycles. The molecule has 1 fully saturated rings. The minimum Gasteiger partial charge on any atom is -0.466 e. The number of carbonyl (C=O) groups is 1. The van der Waals surface area contributed by atoms with Crippen LogP contribution in [0.5, 0.6) is 0 Å². The van der Waals surface area contributed by atoms with Crippen LogP contribution in [0.2, 0.25) is 0 Å². The second-order valence-electron chi connectivity index (χ2n) is 4.91. The normalized spacial score (nSPS) is 18.0. The molecule has 5 heteroatoms. The number of hydrogen-bond donors (Lipinski definition) is 1. The molecule has 110 valence electrons. The molecular weight excluding hydrogens is 284 g/mol. The maximum absolute atomic E-state index is 12.4. The van der Waals surface area contributed by atoms with E-state index in [0.29, 0.717) is 0 Å². The van der Waals surface area contributed by atoms with Gasteiger partial charge in [0.05, 0.1) is 6.26 Å². The maximum atomic E-state index is 12.4. The Morgan fingerprint density at radius 2 is 2.19 bits per heavy atom. The van der Waals surface area contributed by atoms with Crippen molar-refractivity contribution >= 4 is 23.5 Å². The van der Waals surface area contributed by atoms with Crippen molar-refractivity contribution in [2.24, 2.45) is 0 Å². The minimum absolute atomic E-state index is 0.0325. The topological polar surface area (TPSA) is 45.5 Å². The number of hydrogen-bond acceptors (Lipinski definition) is 3. The number of carbonyl (C=O) groups excluding carboxylic acids is 1. The number of benzene rings is 1. The first-order chi connectivity index (χ1) is 10.3. The second kappa shape index (κ2) is 6.26. The summed E-state index contributed by atoms with van der Waals surface area (Å²) in [5, 5.41) is 2.93. The van der Waals surface area contributed by atoms with E-state index in [-0.39, 0.29) is 11.4 Å². The van der Waals surface area contributed by atoms with Crippen molar-refractivity contribution in [1.29, 1.82) is 0 Å². The van der Waals surface area contributed by atoms with Crippen LogP contribution in [0.4, 0.5) is 10.5 Å². The Hall–Kier alpha value is -1.88. The van der Waals surface area contributed by atoms with Crippen molar-refractivity contribution in [3.05, 3.63) is 54.0 Å². The van der Waals surface area contributed by atoms with E-state index in [1.165, 1.54) is 5.56 Å². The quantitative estimate of drug-likeness (QED) is 0.927. The van der Waals surface area contributed by atoms with Gasteiger partial charge in [0.2, 0.25) is 0 Å². The Balaban J connectivity index is 1.69. The van der Waals surface area contributed by atoms with E-state index >= 15 is 0 Å². The summed E-state index contributed by atoms with van der Waals surface area (Å²) in [6.07, 6.45) is 2.64. The lowest BCUT2D eigenvalue weighted by Crippen LogP contribution is -2.34. The summed E-state index contributed by atoms with van der Waals surface area (Å²) < 4.78 is 5.44. The lowest BCUT2D eigenvalue weighted by molar-refractivity contribution is 0.210. The molecule has 21 heavy (non-hydrogen) atoms. The van der Waals surface area contributed by atoms with Crippen molar-refractivity contribution < 1.29 is 9.21 Å². The molecule has 0 spiro atoms. The molecule has 1 aromatic heterocycles.